The van der Waals surface area contributed by atoms with Crippen LogP contribution >= 0.6 is 0 Å². The molecule has 0 aromatic heterocycles. The van der Waals surface area contributed by atoms with Gasteiger partial charge in [-0.2, -0.15) is 0 Å². The van der Waals surface area contributed by atoms with Gasteiger partial charge in [0.25, 0.3) is 0 Å². The summed E-state index contributed by atoms with van der Waals surface area (Å²) in [6.45, 7) is 7.86. The molecular weight excluding hydrogens is 232 g/mol. The third-order valence-corrected chi connectivity index (χ3v) is 4.14. The zero-order valence-corrected chi connectivity index (χ0v) is 12.6. The molecule has 0 spiro atoms. The second-order valence-electron chi connectivity index (χ2n) is 6.97. The van der Waals surface area contributed by atoms with Crippen LogP contribution < -0.4 is 11.1 Å². The first-order valence-corrected chi connectivity index (χ1v) is 7.56. The third kappa shape index (κ3) is 3.97. The second-order valence-corrected chi connectivity index (χ2v) is 6.97. The van der Waals surface area contributed by atoms with Gasteiger partial charge in [-0.3, -0.25) is 0 Å². The maximum atomic E-state index is 6.07. The van der Waals surface area contributed by atoms with Crippen molar-refractivity contribution in [3.05, 3.63) is 29.8 Å². The molecule has 2 heteroatoms. The quantitative estimate of drug-likeness (QED) is 0.864. The van der Waals surface area contributed by atoms with E-state index in [-0.39, 0.29) is 5.41 Å². The number of hydrogen-bond donors (Lipinski definition) is 2. The van der Waals surface area contributed by atoms with Crippen molar-refractivity contribution < 1.29 is 0 Å². The molecule has 0 heterocycles. The van der Waals surface area contributed by atoms with Crippen molar-refractivity contribution in [3.63, 3.8) is 0 Å². The zero-order valence-electron chi connectivity index (χ0n) is 12.6. The molecule has 1 aliphatic rings. The molecule has 1 aromatic carbocycles. The Bertz CT molecular complexity index is 406. The van der Waals surface area contributed by atoms with Gasteiger partial charge in [0, 0.05) is 18.3 Å². The van der Waals surface area contributed by atoms with Gasteiger partial charge in [-0.05, 0) is 42.2 Å². The highest BCUT2D eigenvalue weighted by Gasteiger charge is 2.21. The van der Waals surface area contributed by atoms with Gasteiger partial charge in [-0.15, -0.1) is 0 Å². The molecule has 0 aliphatic heterocycles. The molecule has 106 valence electrons. The van der Waals surface area contributed by atoms with Crippen LogP contribution in [0.15, 0.2) is 24.3 Å². The number of hydrogen-bond acceptors (Lipinski definition) is 2. The van der Waals surface area contributed by atoms with Crippen LogP contribution in [0.5, 0.6) is 0 Å². The second kappa shape index (κ2) is 5.96. The van der Waals surface area contributed by atoms with E-state index in [9.17, 15) is 0 Å². The molecule has 3 N–H and O–H groups in total. The lowest BCUT2D eigenvalue weighted by Crippen LogP contribution is -2.31. The Morgan fingerprint density at radius 2 is 1.95 bits per heavy atom. The molecule has 0 radical (unpaired) electrons. The summed E-state index contributed by atoms with van der Waals surface area (Å²) in [4.78, 5) is 0. The van der Waals surface area contributed by atoms with Crippen LogP contribution in [0.2, 0.25) is 0 Å². The first kappa shape index (κ1) is 14.4. The fourth-order valence-electron chi connectivity index (χ4n) is 3.06. The minimum absolute atomic E-state index is 0.187. The monoisotopic (exact) mass is 260 g/mol. The summed E-state index contributed by atoms with van der Waals surface area (Å²) in [7, 11) is 0. The molecule has 2 unspecified atom stereocenters. The van der Waals surface area contributed by atoms with Crippen LogP contribution in [0.25, 0.3) is 0 Å². The Hall–Kier alpha value is -1.02. The largest absolute Gasteiger partial charge is 0.385 e. The first-order chi connectivity index (χ1) is 8.97. The van der Waals surface area contributed by atoms with E-state index in [1.165, 1.54) is 36.9 Å². The van der Waals surface area contributed by atoms with E-state index in [1.54, 1.807) is 0 Å². The number of para-hydroxylation sites is 1. The van der Waals surface area contributed by atoms with Crippen molar-refractivity contribution in [2.75, 3.05) is 11.9 Å². The minimum Gasteiger partial charge on any atom is -0.385 e. The van der Waals surface area contributed by atoms with Crippen molar-refractivity contribution in [3.8, 4) is 0 Å². The van der Waals surface area contributed by atoms with Gasteiger partial charge in [-0.1, -0.05) is 45.4 Å². The predicted molar refractivity (Wildman–Crippen MR) is 83.6 cm³/mol. The van der Waals surface area contributed by atoms with E-state index in [0.29, 0.717) is 6.04 Å². The maximum Gasteiger partial charge on any atom is 0.0378 e. The summed E-state index contributed by atoms with van der Waals surface area (Å²) in [5.74, 6) is 0.733. The van der Waals surface area contributed by atoms with Crippen LogP contribution in [0.3, 0.4) is 0 Å². The summed E-state index contributed by atoms with van der Waals surface area (Å²) in [5, 5.41) is 3.65. The molecule has 2 nitrogen and oxygen atoms in total. The van der Waals surface area contributed by atoms with Gasteiger partial charge in [0.1, 0.15) is 0 Å². The number of nitrogens with two attached hydrogens (primary N) is 1. The van der Waals surface area contributed by atoms with Crippen LogP contribution in [-0.4, -0.2) is 12.6 Å². The van der Waals surface area contributed by atoms with Crippen molar-refractivity contribution >= 4 is 5.69 Å². The molecular formula is C17H28N2. The fourth-order valence-corrected chi connectivity index (χ4v) is 3.06. The smallest absolute Gasteiger partial charge is 0.0378 e. The van der Waals surface area contributed by atoms with Crippen LogP contribution in [0.1, 0.15) is 52.0 Å². The number of anilines is 1. The number of rotatable bonds is 3. The van der Waals surface area contributed by atoms with Gasteiger partial charge in [0.2, 0.25) is 0 Å². The molecule has 1 aromatic rings. The van der Waals surface area contributed by atoms with E-state index in [1.807, 2.05) is 0 Å². The van der Waals surface area contributed by atoms with Gasteiger partial charge in [-0.25, -0.2) is 0 Å². The van der Waals surface area contributed by atoms with Crippen LogP contribution in [0.4, 0.5) is 5.69 Å². The van der Waals surface area contributed by atoms with E-state index >= 15 is 0 Å². The summed E-state index contributed by atoms with van der Waals surface area (Å²) < 4.78 is 0. The zero-order chi connectivity index (χ0) is 13.9. The van der Waals surface area contributed by atoms with Crippen molar-refractivity contribution in [1.29, 1.82) is 0 Å². The SMILES string of the molecule is CC(C)(C)c1ccccc1NCC1CCCC(N)C1. The standard InChI is InChI=1S/C17H28N2/c1-17(2,3)15-9-4-5-10-16(15)19-12-13-7-6-8-14(18)11-13/h4-5,9-10,13-14,19H,6-8,11-12,18H2,1-3H3. The third-order valence-electron chi connectivity index (χ3n) is 4.14. The predicted octanol–water partition coefficient (Wildman–Crippen LogP) is 3.91. The molecule has 1 fully saturated rings. The number of benzene rings is 1. The van der Waals surface area contributed by atoms with E-state index < -0.39 is 0 Å². The lowest BCUT2D eigenvalue weighted by Gasteiger charge is -2.29. The Kier molecular flexibility index (Phi) is 4.51. The molecule has 1 saturated carbocycles. The topological polar surface area (TPSA) is 38.0 Å². The van der Waals surface area contributed by atoms with Gasteiger partial charge >= 0.3 is 0 Å². The van der Waals surface area contributed by atoms with Crippen LogP contribution in [0, 0.1) is 5.92 Å². The molecule has 2 atom stereocenters. The lowest BCUT2D eigenvalue weighted by atomic mass is 9.84. The van der Waals surface area contributed by atoms with E-state index in [0.717, 1.165) is 12.5 Å². The highest BCUT2D eigenvalue weighted by molar-refractivity contribution is 5.54. The van der Waals surface area contributed by atoms with Gasteiger partial charge in [0.15, 0.2) is 0 Å². The summed E-state index contributed by atoms with van der Waals surface area (Å²) in [6.07, 6.45) is 4.98. The Balaban J connectivity index is 1.99. The van der Waals surface area contributed by atoms with Crippen molar-refractivity contribution in [2.45, 2.75) is 57.9 Å². The molecule has 0 amide bonds. The molecule has 1 aliphatic carbocycles. The minimum atomic E-state index is 0.187. The molecule has 2 rings (SSSR count). The summed E-state index contributed by atoms with van der Waals surface area (Å²) >= 11 is 0. The average molecular weight is 260 g/mol. The van der Waals surface area contributed by atoms with Crippen LogP contribution in [-0.2, 0) is 5.41 Å². The normalized spacial score (nSPS) is 24.2. The number of nitrogens with one attached hydrogen (secondary N) is 1. The highest BCUT2D eigenvalue weighted by Crippen LogP contribution is 2.30. The highest BCUT2D eigenvalue weighted by atomic mass is 14.9. The van der Waals surface area contributed by atoms with E-state index in [4.69, 9.17) is 5.73 Å². The fraction of sp³-hybridized carbons (Fsp3) is 0.647. The van der Waals surface area contributed by atoms with E-state index in [2.05, 4.69) is 50.4 Å². The Morgan fingerprint density at radius 3 is 2.63 bits per heavy atom. The molecule has 0 bridgehead atoms. The first-order valence-electron chi connectivity index (χ1n) is 7.56. The molecule has 0 saturated heterocycles. The Labute approximate surface area is 117 Å². The van der Waals surface area contributed by atoms with Gasteiger partial charge in [0.05, 0.1) is 0 Å². The van der Waals surface area contributed by atoms with Crippen molar-refractivity contribution in [2.24, 2.45) is 11.7 Å². The molecule has 19 heavy (non-hydrogen) atoms. The Morgan fingerprint density at radius 1 is 1.21 bits per heavy atom. The van der Waals surface area contributed by atoms with Crippen molar-refractivity contribution in [1.82, 2.24) is 0 Å². The average Bonchev–Trinajstić information content (AvgIpc) is 2.36. The lowest BCUT2D eigenvalue weighted by molar-refractivity contribution is 0.335. The summed E-state index contributed by atoms with van der Waals surface area (Å²) in [6, 6.07) is 9.09. The summed E-state index contributed by atoms with van der Waals surface area (Å²) in [5.41, 5.74) is 8.94. The van der Waals surface area contributed by atoms with Gasteiger partial charge < -0.3 is 11.1 Å². The maximum absolute atomic E-state index is 6.07.